The molecule has 0 aliphatic heterocycles. The second-order valence-electron chi connectivity index (χ2n) is 2.70. The Hall–Kier alpha value is 2.90. The molecule has 2 N–H and O–H groups in total. The van der Waals surface area contributed by atoms with Crippen LogP contribution in [0, 0.1) is 0 Å². The molecule has 0 aromatic heterocycles. The molecule has 5 nitrogen and oxygen atoms in total. The van der Waals surface area contributed by atoms with E-state index >= 15 is 0 Å². The van der Waals surface area contributed by atoms with E-state index in [4.69, 9.17) is 5.73 Å². The molecular formula is C9H21NNa4O4. The van der Waals surface area contributed by atoms with Gasteiger partial charge < -0.3 is 20.9 Å². The fourth-order valence-corrected chi connectivity index (χ4v) is 0.874. The molecule has 0 saturated carbocycles. The van der Waals surface area contributed by atoms with Gasteiger partial charge in [0.1, 0.15) is 6.04 Å². The molecule has 0 bridgehead atoms. The van der Waals surface area contributed by atoms with Gasteiger partial charge in [-0.15, -0.1) is 0 Å². The van der Waals surface area contributed by atoms with Crippen LogP contribution in [0.25, 0.3) is 0 Å². The largest absolute Gasteiger partial charge is 1.00 e. The molecule has 0 heterocycles. The Bertz CT molecular complexity index is 222. The van der Waals surface area contributed by atoms with Crippen molar-refractivity contribution in [3.8, 4) is 0 Å². The van der Waals surface area contributed by atoms with Crippen molar-refractivity contribution in [1.82, 2.24) is 0 Å². The van der Waals surface area contributed by atoms with Gasteiger partial charge in [-0.3, -0.25) is 9.59 Å². The van der Waals surface area contributed by atoms with Crippen LogP contribution in [0.2, 0.25) is 0 Å². The maximum atomic E-state index is 11.0. The average molecular weight is 299 g/mol. The number of carbonyl (C=O) groups is 2. The number of nitrogens with two attached hydrogens (primary N) is 1. The van der Waals surface area contributed by atoms with Crippen molar-refractivity contribution in [3.05, 3.63) is 0 Å². The van der Waals surface area contributed by atoms with Crippen molar-refractivity contribution >= 4 is 11.9 Å². The summed E-state index contributed by atoms with van der Waals surface area (Å²) >= 11 is 0. The third-order valence-corrected chi connectivity index (χ3v) is 1.55. The van der Waals surface area contributed by atoms with E-state index in [-0.39, 0.29) is 143 Å². The van der Waals surface area contributed by atoms with Gasteiger partial charge in [0.15, 0.2) is 0 Å². The molecule has 0 amide bonds. The fraction of sp³-hybridized carbons (Fsp3) is 0.778. The molecular weight excluding hydrogens is 278 g/mol. The summed E-state index contributed by atoms with van der Waals surface area (Å²) < 4.78 is 9.37. The van der Waals surface area contributed by atoms with Gasteiger partial charge >= 0.3 is 130 Å². The second kappa shape index (κ2) is 22.2. The first-order valence-corrected chi connectivity index (χ1v) is 4.69. The minimum Gasteiger partial charge on any atom is -1.00 e. The van der Waals surface area contributed by atoms with Crippen LogP contribution in [0.5, 0.6) is 0 Å². The Morgan fingerprint density at radius 3 is 1.89 bits per heavy atom. The molecule has 9 heteroatoms. The van der Waals surface area contributed by atoms with E-state index in [9.17, 15) is 9.59 Å². The Balaban J connectivity index is -0.0000000302. The van der Waals surface area contributed by atoms with Crippen molar-refractivity contribution in [1.29, 1.82) is 0 Å². The Morgan fingerprint density at radius 2 is 1.50 bits per heavy atom. The van der Waals surface area contributed by atoms with E-state index in [1.165, 1.54) is 0 Å². The second-order valence-corrected chi connectivity index (χ2v) is 2.70. The van der Waals surface area contributed by atoms with Gasteiger partial charge in [-0.2, -0.15) is 0 Å². The molecule has 0 fully saturated rings. The number of carbonyl (C=O) groups excluding carboxylic acids is 2. The number of ether oxygens (including phenoxy) is 2. The monoisotopic (exact) mass is 299 g/mol. The summed E-state index contributed by atoms with van der Waals surface area (Å²) in [6.07, 6.45) is 0.408. The zero-order valence-electron chi connectivity index (χ0n) is 16.6. The molecule has 0 rings (SSSR count). The topological polar surface area (TPSA) is 78.6 Å². The molecule has 0 saturated heterocycles. The summed E-state index contributed by atoms with van der Waals surface area (Å²) in [7, 11) is 0. The van der Waals surface area contributed by atoms with Crippen LogP contribution in [-0.2, 0) is 19.1 Å². The molecule has 0 spiro atoms. The Kier molecular flexibility index (Phi) is 40.4. The summed E-state index contributed by atoms with van der Waals surface area (Å²) in [5.74, 6) is -0.816. The summed E-state index contributed by atoms with van der Waals surface area (Å²) in [6, 6.07) is -0.737. The van der Waals surface area contributed by atoms with Crippen LogP contribution >= 0.6 is 0 Å². The molecule has 0 aliphatic carbocycles. The zero-order chi connectivity index (χ0) is 11.0. The third kappa shape index (κ3) is 18.9. The summed E-state index contributed by atoms with van der Waals surface area (Å²) in [5.41, 5.74) is 5.47. The summed E-state index contributed by atoms with van der Waals surface area (Å²) in [5, 5.41) is 0. The van der Waals surface area contributed by atoms with Crippen LogP contribution in [-0.4, -0.2) is 31.2 Å². The van der Waals surface area contributed by atoms with Crippen molar-refractivity contribution in [2.24, 2.45) is 5.73 Å². The van der Waals surface area contributed by atoms with E-state index in [1.807, 2.05) is 0 Å². The quantitative estimate of drug-likeness (QED) is 0.389. The number of esters is 2. The smallest absolute Gasteiger partial charge is 1.00 e. The van der Waals surface area contributed by atoms with Crippen LogP contribution in [0.3, 0.4) is 0 Å². The first-order valence-electron chi connectivity index (χ1n) is 4.69. The first kappa shape index (κ1) is 32.7. The molecule has 1 atom stereocenters. The van der Waals surface area contributed by atoms with Gasteiger partial charge in [0, 0.05) is 6.42 Å². The van der Waals surface area contributed by atoms with Gasteiger partial charge in [-0.05, 0) is 20.3 Å². The minimum atomic E-state index is -0.737. The maximum Gasteiger partial charge on any atom is 1.00 e. The van der Waals surface area contributed by atoms with Gasteiger partial charge in [0.05, 0.1) is 13.2 Å². The van der Waals surface area contributed by atoms with Crippen molar-refractivity contribution in [2.75, 3.05) is 13.2 Å². The van der Waals surface area contributed by atoms with E-state index in [1.54, 1.807) is 13.8 Å². The summed E-state index contributed by atoms with van der Waals surface area (Å²) in [4.78, 5) is 21.9. The van der Waals surface area contributed by atoms with E-state index < -0.39 is 12.0 Å². The van der Waals surface area contributed by atoms with Gasteiger partial charge in [-0.1, -0.05) is 0 Å². The molecule has 0 radical (unpaired) electrons. The van der Waals surface area contributed by atoms with Crippen LogP contribution in [0.1, 0.15) is 32.4 Å². The zero-order valence-corrected chi connectivity index (χ0v) is 20.6. The molecule has 0 aliphatic rings. The van der Waals surface area contributed by atoms with Gasteiger partial charge in [0.2, 0.25) is 0 Å². The van der Waals surface area contributed by atoms with Crippen LogP contribution < -0.4 is 124 Å². The molecule has 0 aromatic rings. The standard InChI is InChI=1S/C9H17NO4.4Na.4H/c1-3-13-8(11)6-5-7(10)9(12)14-4-2;;;;;;;;/h7H,3-6,10H2,1-2H3;;;;;;;;/q;4*+1;4*-1/t7-;;;;;;;;/m0......../s1. The summed E-state index contributed by atoms with van der Waals surface area (Å²) in [6.45, 7) is 4.07. The number of hydrogen-bond acceptors (Lipinski definition) is 5. The number of hydrogen-bond donors (Lipinski definition) is 1. The first-order chi connectivity index (χ1) is 6.61. The predicted molar refractivity (Wildman–Crippen MR) is 54.9 cm³/mol. The normalized spacial score (nSPS) is 9.28. The van der Waals surface area contributed by atoms with Crippen LogP contribution in [0.15, 0.2) is 0 Å². The molecule has 90 valence electrons. The van der Waals surface area contributed by atoms with Crippen molar-refractivity contribution in [3.63, 3.8) is 0 Å². The van der Waals surface area contributed by atoms with E-state index in [0.29, 0.717) is 13.2 Å². The predicted octanol–water partition coefficient (Wildman–Crippen LogP) is -11.3. The van der Waals surface area contributed by atoms with E-state index in [0.717, 1.165) is 0 Å². The number of rotatable bonds is 6. The molecule has 18 heavy (non-hydrogen) atoms. The van der Waals surface area contributed by atoms with Gasteiger partial charge in [0.25, 0.3) is 0 Å². The molecule has 0 aromatic carbocycles. The molecule has 0 unspecified atom stereocenters. The van der Waals surface area contributed by atoms with Crippen LogP contribution in [0.4, 0.5) is 0 Å². The van der Waals surface area contributed by atoms with Crippen molar-refractivity contribution in [2.45, 2.75) is 32.7 Å². The Labute approximate surface area is 203 Å². The Morgan fingerprint density at radius 1 is 1.06 bits per heavy atom. The SMILES string of the molecule is CCOC(=O)CC[C@H](N)C(=O)OCC.[H-].[H-].[H-].[H-].[Na+].[Na+].[Na+].[Na+]. The van der Waals surface area contributed by atoms with E-state index in [2.05, 4.69) is 9.47 Å². The maximum absolute atomic E-state index is 11.0. The third-order valence-electron chi connectivity index (χ3n) is 1.55. The van der Waals surface area contributed by atoms with Crippen molar-refractivity contribution < 1.29 is 143 Å². The van der Waals surface area contributed by atoms with Gasteiger partial charge in [-0.25, -0.2) is 0 Å². The fourth-order valence-electron chi connectivity index (χ4n) is 0.874. The minimum absolute atomic E-state index is 0. The average Bonchev–Trinajstić information content (AvgIpc) is 2.15.